The number of hydrogen-bond acceptors (Lipinski definition) is 4. The van der Waals surface area contributed by atoms with Gasteiger partial charge in [0.05, 0.1) is 20.6 Å². The van der Waals surface area contributed by atoms with Crippen LogP contribution in [0.5, 0.6) is 0 Å². The summed E-state index contributed by atoms with van der Waals surface area (Å²) >= 11 is 12.9. The highest BCUT2D eigenvalue weighted by Gasteiger charge is 2.35. The molecule has 1 atom stereocenters. The fraction of sp³-hybridized carbons (Fsp3) is 0.257. The van der Waals surface area contributed by atoms with E-state index in [0.29, 0.717) is 0 Å². The summed E-state index contributed by atoms with van der Waals surface area (Å²) in [5.74, 6) is -0.926. The number of amides is 2. The van der Waals surface area contributed by atoms with Crippen LogP contribution in [-0.4, -0.2) is 43.8 Å². The van der Waals surface area contributed by atoms with Gasteiger partial charge in [0.2, 0.25) is 11.8 Å². The Morgan fingerprint density at radius 2 is 1.38 bits per heavy atom. The zero-order chi connectivity index (χ0) is 32.7. The Kier molecular flexibility index (Phi) is 11.3. The van der Waals surface area contributed by atoms with Gasteiger partial charge < -0.3 is 10.2 Å². The van der Waals surface area contributed by atoms with E-state index < -0.39 is 28.5 Å². The summed E-state index contributed by atoms with van der Waals surface area (Å²) in [7, 11) is -4.30. The summed E-state index contributed by atoms with van der Waals surface area (Å²) in [6, 6.07) is 26.9. The van der Waals surface area contributed by atoms with Crippen LogP contribution in [0.3, 0.4) is 0 Å². The molecule has 236 valence electrons. The Labute approximate surface area is 275 Å². The molecule has 4 rings (SSSR count). The van der Waals surface area contributed by atoms with Crippen molar-refractivity contribution in [3.63, 3.8) is 0 Å². The molecule has 0 saturated carbocycles. The minimum absolute atomic E-state index is 0.00822. The molecule has 4 aromatic carbocycles. The van der Waals surface area contributed by atoms with Crippen molar-refractivity contribution in [1.82, 2.24) is 10.2 Å². The molecule has 0 heterocycles. The average molecular weight is 667 g/mol. The molecule has 0 radical (unpaired) electrons. The van der Waals surface area contributed by atoms with Crippen molar-refractivity contribution in [3.05, 3.63) is 129 Å². The molecule has 0 fully saturated rings. The predicted molar refractivity (Wildman–Crippen MR) is 181 cm³/mol. The SMILES string of the molecule is Cc1ccc(CN(C(=O)CN(c2cccc(Cl)c2Cl)S(=O)(=O)c2ccc(C)cc2)[C@@H](Cc2ccccc2)C(=O)NC(C)C)cc1. The van der Waals surface area contributed by atoms with E-state index in [1.54, 1.807) is 24.3 Å². The van der Waals surface area contributed by atoms with Gasteiger partial charge in [-0.3, -0.25) is 13.9 Å². The molecule has 45 heavy (non-hydrogen) atoms. The fourth-order valence-electron chi connectivity index (χ4n) is 4.86. The minimum atomic E-state index is -4.30. The second-order valence-electron chi connectivity index (χ2n) is 11.3. The number of aryl methyl sites for hydroxylation is 2. The smallest absolute Gasteiger partial charge is 0.264 e. The highest BCUT2D eigenvalue weighted by atomic mass is 35.5. The van der Waals surface area contributed by atoms with Crippen molar-refractivity contribution in [2.75, 3.05) is 10.8 Å². The normalized spacial score (nSPS) is 12.1. The van der Waals surface area contributed by atoms with Crippen LogP contribution in [0.25, 0.3) is 0 Å². The Morgan fingerprint density at radius 1 is 0.778 bits per heavy atom. The Balaban J connectivity index is 1.83. The molecular weight excluding hydrogens is 629 g/mol. The highest BCUT2D eigenvalue weighted by molar-refractivity contribution is 7.92. The summed E-state index contributed by atoms with van der Waals surface area (Å²) in [5.41, 5.74) is 3.62. The van der Waals surface area contributed by atoms with E-state index in [-0.39, 0.29) is 45.5 Å². The van der Waals surface area contributed by atoms with E-state index in [1.165, 1.54) is 23.1 Å². The summed E-state index contributed by atoms with van der Waals surface area (Å²) in [6.07, 6.45) is 0.222. The van der Waals surface area contributed by atoms with E-state index >= 15 is 0 Å². The topological polar surface area (TPSA) is 86.8 Å². The van der Waals surface area contributed by atoms with E-state index in [0.717, 1.165) is 26.6 Å². The lowest BCUT2D eigenvalue weighted by atomic mass is 10.0. The van der Waals surface area contributed by atoms with E-state index in [1.807, 2.05) is 82.3 Å². The maximum Gasteiger partial charge on any atom is 0.264 e. The molecule has 10 heteroatoms. The third-order valence-corrected chi connectivity index (χ3v) is 9.85. The molecule has 0 spiro atoms. The Morgan fingerprint density at radius 3 is 1.98 bits per heavy atom. The first kappa shape index (κ1) is 34.0. The molecule has 1 N–H and O–H groups in total. The van der Waals surface area contributed by atoms with Gasteiger partial charge in [0.25, 0.3) is 10.0 Å². The summed E-state index contributed by atoms with van der Waals surface area (Å²) in [6.45, 7) is 6.96. The molecule has 0 aliphatic carbocycles. The second-order valence-corrected chi connectivity index (χ2v) is 13.9. The van der Waals surface area contributed by atoms with Crippen LogP contribution in [-0.2, 0) is 32.6 Å². The number of carbonyl (C=O) groups is 2. The molecule has 2 amide bonds. The van der Waals surface area contributed by atoms with Gasteiger partial charge in [0, 0.05) is 19.0 Å². The summed E-state index contributed by atoms with van der Waals surface area (Å²) in [5, 5.41) is 3.08. The van der Waals surface area contributed by atoms with Crippen LogP contribution in [0.15, 0.2) is 102 Å². The van der Waals surface area contributed by atoms with Crippen LogP contribution < -0.4 is 9.62 Å². The number of anilines is 1. The van der Waals surface area contributed by atoms with Crippen LogP contribution in [0.1, 0.15) is 36.1 Å². The number of halogens is 2. The van der Waals surface area contributed by atoms with Crippen molar-refractivity contribution < 1.29 is 18.0 Å². The number of nitrogens with zero attached hydrogens (tertiary/aromatic N) is 2. The molecule has 0 aliphatic rings. The van der Waals surface area contributed by atoms with Crippen molar-refractivity contribution >= 4 is 50.7 Å². The van der Waals surface area contributed by atoms with Crippen LogP contribution in [0.2, 0.25) is 10.0 Å². The van der Waals surface area contributed by atoms with Crippen molar-refractivity contribution in [2.24, 2.45) is 0 Å². The van der Waals surface area contributed by atoms with Gasteiger partial charge in [0.1, 0.15) is 12.6 Å². The Bertz CT molecular complexity index is 1730. The third-order valence-electron chi connectivity index (χ3n) is 7.26. The monoisotopic (exact) mass is 665 g/mol. The predicted octanol–water partition coefficient (Wildman–Crippen LogP) is 6.97. The number of hydrogen-bond donors (Lipinski definition) is 1. The first-order chi connectivity index (χ1) is 21.4. The lowest BCUT2D eigenvalue weighted by Crippen LogP contribution is -2.54. The first-order valence-electron chi connectivity index (χ1n) is 14.6. The number of carbonyl (C=O) groups excluding carboxylic acids is 2. The lowest BCUT2D eigenvalue weighted by Gasteiger charge is -2.34. The van der Waals surface area contributed by atoms with Crippen molar-refractivity contribution in [1.29, 1.82) is 0 Å². The van der Waals surface area contributed by atoms with E-state index in [9.17, 15) is 18.0 Å². The number of nitrogens with one attached hydrogen (secondary N) is 1. The van der Waals surface area contributed by atoms with E-state index in [4.69, 9.17) is 23.2 Å². The molecule has 0 aromatic heterocycles. The molecule has 0 aliphatic heterocycles. The number of sulfonamides is 1. The molecular formula is C35H37Cl2N3O4S. The third kappa shape index (κ3) is 8.66. The standard InChI is InChI=1S/C35H37Cl2N3O4S/c1-24(2)38-35(42)32(21-27-9-6-5-7-10-27)39(22-28-17-13-25(3)14-18-28)33(41)23-40(31-12-8-11-30(36)34(31)37)45(43,44)29-19-15-26(4)16-20-29/h5-20,24,32H,21-23H2,1-4H3,(H,38,42)/t32-/m0/s1. The summed E-state index contributed by atoms with van der Waals surface area (Å²) < 4.78 is 29.3. The minimum Gasteiger partial charge on any atom is -0.352 e. The second kappa shape index (κ2) is 15.0. The number of rotatable bonds is 12. The largest absolute Gasteiger partial charge is 0.352 e. The fourth-order valence-corrected chi connectivity index (χ4v) is 6.73. The average Bonchev–Trinajstić information content (AvgIpc) is 3.00. The quantitative estimate of drug-likeness (QED) is 0.177. The summed E-state index contributed by atoms with van der Waals surface area (Å²) in [4.78, 5) is 29.7. The molecule has 0 bridgehead atoms. The molecule has 0 unspecified atom stereocenters. The maximum absolute atomic E-state index is 14.5. The van der Waals surface area contributed by atoms with Crippen LogP contribution in [0.4, 0.5) is 5.69 Å². The maximum atomic E-state index is 14.5. The lowest BCUT2D eigenvalue weighted by molar-refractivity contribution is -0.140. The van der Waals surface area contributed by atoms with Crippen molar-refractivity contribution in [2.45, 2.75) is 57.6 Å². The van der Waals surface area contributed by atoms with Crippen LogP contribution >= 0.6 is 23.2 Å². The van der Waals surface area contributed by atoms with Gasteiger partial charge >= 0.3 is 0 Å². The van der Waals surface area contributed by atoms with Gasteiger partial charge in [-0.2, -0.15) is 0 Å². The molecule has 4 aromatic rings. The molecule has 7 nitrogen and oxygen atoms in total. The van der Waals surface area contributed by atoms with Gasteiger partial charge in [-0.1, -0.05) is 107 Å². The van der Waals surface area contributed by atoms with Gasteiger partial charge in [0.15, 0.2) is 0 Å². The Hall–Kier alpha value is -3.85. The first-order valence-corrected chi connectivity index (χ1v) is 16.8. The van der Waals surface area contributed by atoms with Gasteiger partial charge in [-0.05, 0) is 63.1 Å². The van der Waals surface area contributed by atoms with Gasteiger partial charge in [-0.15, -0.1) is 0 Å². The highest BCUT2D eigenvalue weighted by Crippen LogP contribution is 2.35. The van der Waals surface area contributed by atoms with Gasteiger partial charge in [-0.25, -0.2) is 8.42 Å². The zero-order valence-electron chi connectivity index (χ0n) is 25.7. The molecule has 0 saturated heterocycles. The van der Waals surface area contributed by atoms with Crippen molar-refractivity contribution in [3.8, 4) is 0 Å². The van der Waals surface area contributed by atoms with E-state index in [2.05, 4.69) is 5.32 Å². The zero-order valence-corrected chi connectivity index (χ0v) is 28.0. The van der Waals surface area contributed by atoms with Crippen LogP contribution in [0, 0.1) is 13.8 Å². The number of benzene rings is 4.